The fourth-order valence-electron chi connectivity index (χ4n) is 0.838. The summed E-state index contributed by atoms with van der Waals surface area (Å²) in [5.41, 5.74) is 0. The first-order valence-corrected chi connectivity index (χ1v) is 12.6. The Bertz CT molecular complexity index is 183. The summed E-state index contributed by atoms with van der Waals surface area (Å²) in [7, 11) is -2.48. The summed E-state index contributed by atoms with van der Waals surface area (Å²) in [4.78, 5) is 11.3. The number of esters is 1. The predicted molar refractivity (Wildman–Crippen MR) is 62.3 cm³/mol. The van der Waals surface area contributed by atoms with Crippen molar-refractivity contribution in [2.45, 2.75) is 45.7 Å². The van der Waals surface area contributed by atoms with E-state index in [0.717, 1.165) is 0 Å². The Hall–Kier alpha value is -0.0962. The molecule has 0 radical (unpaired) electrons. The largest absolute Gasteiger partial charge is 0.466 e. The van der Waals surface area contributed by atoms with Crippen molar-refractivity contribution in [1.82, 2.24) is 0 Å². The van der Waals surface area contributed by atoms with E-state index >= 15 is 0 Å². The third-order valence-corrected chi connectivity index (χ3v) is 20.9. The van der Waals surface area contributed by atoms with Gasteiger partial charge in [0.1, 0.15) is 0 Å². The Morgan fingerprint density at radius 2 is 1.62 bits per heavy atom. The zero-order valence-electron chi connectivity index (χ0n) is 9.73. The number of hydrogen-bond acceptors (Lipinski definition) is 2. The lowest BCUT2D eigenvalue weighted by molar-refractivity contribution is -0.140. The first kappa shape index (κ1) is 12.9. The molecule has 0 spiro atoms. The molecule has 0 heterocycles. The summed E-state index contributed by atoms with van der Waals surface area (Å²) in [6.45, 7) is 14.0. The first-order chi connectivity index (χ1) is 5.70. The number of ether oxygens (including phenoxy) is 1. The van der Waals surface area contributed by atoms with E-state index in [1.165, 1.54) is 0 Å². The third kappa shape index (κ3) is 4.09. The molecular weight excluding hydrogens is 196 g/mol. The van der Waals surface area contributed by atoms with Crippen molar-refractivity contribution in [2.24, 2.45) is 0 Å². The molecule has 0 saturated heterocycles. The zero-order valence-corrected chi connectivity index (χ0v) is 11.7. The summed E-state index contributed by atoms with van der Waals surface area (Å²) < 4.78 is 4.99. The topological polar surface area (TPSA) is 26.3 Å². The summed E-state index contributed by atoms with van der Waals surface area (Å²) in [5.74, 6) is 0.00147. The van der Waals surface area contributed by atoms with Crippen LogP contribution < -0.4 is 0 Å². The molecule has 0 unspecified atom stereocenters. The number of hydrogen-bond donors (Lipinski definition) is 0. The highest BCUT2D eigenvalue weighted by Crippen LogP contribution is 2.23. The maximum Gasteiger partial charge on any atom is 0.302 e. The van der Waals surface area contributed by atoms with Gasteiger partial charge in [-0.15, -0.1) is 0 Å². The summed E-state index contributed by atoms with van der Waals surface area (Å²) in [6, 6.07) is 0.691. The molecule has 4 heteroatoms. The molecule has 0 atom stereocenters. The van der Waals surface area contributed by atoms with Crippen LogP contribution in [0.25, 0.3) is 0 Å². The van der Waals surface area contributed by atoms with Crippen LogP contribution in [0.4, 0.5) is 0 Å². The van der Waals surface area contributed by atoms with Crippen LogP contribution in [-0.4, -0.2) is 27.8 Å². The maximum atomic E-state index is 11.3. The second-order valence-electron chi connectivity index (χ2n) is 5.12. The first-order valence-electron chi connectivity index (χ1n) is 4.86. The van der Waals surface area contributed by atoms with Crippen molar-refractivity contribution in [2.75, 3.05) is 6.61 Å². The fraction of sp³-hybridized carbons (Fsp3) is 0.889. The van der Waals surface area contributed by atoms with Gasteiger partial charge >= 0.3 is 5.97 Å². The molecule has 0 aliphatic rings. The van der Waals surface area contributed by atoms with Crippen molar-refractivity contribution in [1.29, 1.82) is 0 Å². The lowest BCUT2D eigenvalue weighted by Gasteiger charge is -2.34. The monoisotopic (exact) mass is 218 g/mol. The van der Waals surface area contributed by atoms with E-state index in [9.17, 15) is 4.79 Å². The van der Waals surface area contributed by atoms with Crippen molar-refractivity contribution >= 4 is 21.2 Å². The van der Waals surface area contributed by atoms with Gasteiger partial charge in [0, 0.05) is 13.6 Å². The van der Waals surface area contributed by atoms with Crippen LogP contribution in [0.1, 0.15) is 6.92 Å². The molecular formula is C9H22O2Si2. The fourth-order valence-corrected chi connectivity index (χ4v) is 4.22. The van der Waals surface area contributed by atoms with Gasteiger partial charge in [-0.25, -0.2) is 0 Å². The van der Waals surface area contributed by atoms with Crippen molar-refractivity contribution in [3.8, 4) is 0 Å². The van der Waals surface area contributed by atoms with Gasteiger partial charge in [-0.2, -0.15) is 0 Å². The van der Waals surface area contributed by atoms with E-state index < -0.39 is 15.2 Å². The van der Waals surface area contributed by atoms with Gasteiger partial charge in [0.05, 0.1) is 14.2 Å². The number of carbonyl (C=O) groups is 1. The minimum Gasteiger partial charge on any atom is -0.466 e. The SMILES string of the molecule is CCOC(=O)C[Si](C)(C)[Si](C)(C)C. The van der Waals surface area contributed by atoms with Gasteiger partial charge < -0.3 is 4.74 Å². The second-order valence-corrected chi connectivity index (χ2v) is 22.3. The molecule has 0 aliphatic carbocycles. The molecule has 0 saturated carbocycles. The van der Waals surface area contributed by atoms with Gasteiger partial charge in [0.15, 0.2) is 0 Å². The lowest BCUT2D eigenvalue weighted by atomic mass is 10.8. The Morgan fingerprint density at radius 1 is 1.15 bits per heavy atom. The van der Waals surface area contributed by atoms with E-state index in [4.69, 9.17) is 4.74 Å². The highest BCUT2D eigenvalue weighted by Gasteiger charge is 2.38. The molecule has 0 N–H and O–H groups in total. The average Bonchev–Trinajstić information content (AvgIpc) is 1.83. The minimum absolute atomic E-state index is 0.00147. The molecule has 0 rings (SSSR count). The van der Waals surface area contributed by atoms with Crippen LogP contribution in [0.15, 0.2) is 0 Å². The second kappa shape index (κ2) is 4.42. The molecule has 0 aromatic rings. The smallest absolute Gasteiger partial charge is 0.302 e. The maximum absolute atomic E-state index is 11.3. The van der Waals surface area contributed by atoms with E-state index in [1.807, 2.05) is 6.92 Å². The molecule has 0 bridgehead atoms. The Morgan fingerprint density at radius 3 is 1.92 bits per heavy atom. The van der Waals surface area contributed by atoms with E-state index in [2.05, 4.69) is 32.7 Å². The molecule has 0 amide bonds. The summed E-state index contributed by atoms with van der Waals surface area (Å²) in [6.07, 6.45) is 0. The van der Waals surface area contributed by atoms with Gasteiger partial charge in [0.2, 0.25) is 0 Å². The summed E-state index contributed by atoms with van der Waals surface area (Å²) in [5, 5.41) is 0. The Labute approximate surface area is 83.5 Å². The highest BCUT2D eigenvalue weighted by molar-refractivity contribution is 7.40. The molecule has 2 nitrogen and oxygen atoms in total. The van der Waals surface area contributed by atoms with Crippen molar-refractivity contribution in [3.63, 3.8) is 0 Å². The van der Waals surface area contributed by atoms with E-state index in [-0.39, 0.29) is 5.97 Å². The van der Waals surface area contributed by atoms with Gasteiger partial charge in [-0.05, 0) is 6.92 Å². The lowest BCUT2D eigenvalue weighted by Crippen LogP contribution is -2.53. The van der Waals surface area contributed by atoms with Gasteiger partial charge in [-0.1, -0.05) is 32.7 Å². The number of rotatable bonds is 4. The molecule has 0 aliphatic heterocycles. The van der Waals surface area contributed by atoms with Crippen LogP contribution in [0.5, 0.6) is 0 Å². The molecule has 0 aromatic heterocycles. The van der Waals surface area contributed by atoms with Crippen LogP contribution in [0.3, 0.4) is 0 Å². The standard InChI is InChI=1S/C9H22O2Si2/c1-7-11-9(10)8-13(5,6)12(2,3)4/h7-8H2,1-6H3. The third-order valence-electron chi connectivity index (χ3n) is 2.92. The Kier molecular flexibility index (Phi) is 4.38. The molecule has 0 fully saturated rings. The summed E-state index contributed by atoms with van der Waals surface area (Å²) >= 11 is 0. The average molecular weight is 218 g/mol. The normalized spacial score (nSPS) is 12.8. The van der Waals surface area contributed by atoms with Crippen molar-refractivity contribution < 1.29 is 9.53 Å². The van der Waals surface area contributed by atoms with Crippen molar-refractivity contribution in [3.05, 3.63) is 0 Å². The number of carbonyl (C=O) groups excluding carboxylic acids is 1. The van der Waals surface area contributed by atoms with E-state index in [0.29, 0.717) is 12.7 Å². The highest BCUT2D eigenvalue weighted by atomic mass is 29.3. The van der Waals surface area contributed by atoms with E-state index in [1.54, 1.807) is 0 Å². The van der Waals surface area contributed by atoms with Crippen LogP contribution in [-0.2, 0) is 9.53 Å². The van der Waals surface area contributed by atoms with Gasteiger partial charge in [-0.3, -0.25) is 4.79 Å². The minimum atomic E-state index is -1.34. The Balaban J connectivity index is 4.26. The van der Waals surface area contributed by atoms with Crippen LogP contribution in [0.2, 0.25) is 38.8 Å². The van der Waals surface area contributed by atoms with Crippen LogP contribution >= 0.6 is 0 Å². The quantitative estimate of drug-likeness (QED) is 0.536. The van der Waals surface area contributed by atoms with Gasteiger partial charge in [0.25, 0.3) is 0 Å². The zero-order chi connectivity index (χ0) is 10.7. The van der Waals surface area contributed by atoms with Crippen LogP contribution in [0, 0.1) is 0 Å². The molecule has 78 valence electrons. The molecule has 13 heavy (non-hydrogen) atoms. The predicted octanol–water partition coefficient (Wildman–Crippen LogP) is 2.67. The molecule has 0 aromatic carbocycles.